The largest absolute Gasteiger partial charge is 1.00 e. The molecule has 31 heteroatoms. The van der Waals surface area contributed by atoms with E-state index in [0.29, 0.717) is 18.8 Å². The van der Waals surface area contributed by atoms with E-state index in [2.05, 4.69) is 15.7 Å². The molecule has 3 amide bonds. The molecule has 30 nitrogen and oxygen atoms in total. The van der Waals surface area contributed by atoms with Gasteiger partial charge in [-0.1, -0.05) is 0 Å². The van der Waals surface area contributed by atoms with Gasteiger partial charge in [-0.25, -0.2) is 5.43 Å². The van der Waals surface area contributed by atoms with Crippen LogP contribution in [0.1, 0.15) is 6.42 Å². The number of aliphatic hydroxyl groups excluding tert-OH is 6. The Morgan fingerprint density at radius 2 is 1.29 bits per heavy atom. The third-order valence-electron chi connectivity index (χ3n) is 9.95. The summed E-state index contributed by atoms with van der Waals surface area (Å²) in [5, 5.41) is 84.1. The van der Waals surface area contributed by atoms with Gasteiger partial charge in [0.1, 0.15) is 86.1 Å². The van der Waals surface area contributed by atoms with Crippen molar-refractivity contribution in [3.05, 3.63) is 0 Å². The Balaban J connectivity index is 0.0000150. The number of hydrogen-bond donors (Lipinski definition) is 11. The second kappa shape index (κ2) is 29.7. The van der Waals surface area contributed by atoms with Gasteiger partial charge in [0.25, 0.3) is 5.91 Å². The van der Waals surface area contributed by atoms with Crippen LogP contribution in [0.2, 0.25) is 0 Å². The normalized spacial score (nSPS) is 33.6. The van der Waals surface area contributed by atoms with Crippen LogP contribution in [0.4, 0.5) is 0 Å². The van der Waals surface area contributed by atoms with Crippen molar-refractivity contribution in [2.75, 3.05) is 54.7 Å². The summed E-state index contributed by atoms with van der Waals surface area (Å²) < 4.78 is 54.1. The summed E-state index contributed by atoms with van der Waals surface area (Å²) in [7, 11) is 4.44. The summed E-state index contributed by atoms with van der Waals surface area (Å²) in [5.74, 6) is -5.56. The fraction of sp³-hybridized carbons (Fsp3) is 0.771. The van der Waals surface area contributed by atoms with Crippen LogP contribution in [-0.4, -0.2) is 245 Å². The van der Waals surface area contributed by atoms with Crippen LogP contribution in [0.3, 0.4) is 0 Å². The number of nitrogens with one attached hydrogen (secondary N) is 5. The first kappa shape index (κ1) is 59.0. The quantitative estimate of drug-likeness (QED) is 0.00957. The van der Waals surface area contributed by atoms with E-state index >= 15 is 0 Å². The summed E-state index contributed by atoms with van der Waals surface area (Å²) in [6.45, 7) is -2.13. The summed E-state index contributed by atoms with van der Waals surface area (Å²) in [6, 6.07) is -2.35. The minimum atomic E-state index is -2.20. The van der Waals surface area contributed by atoms with Crippen molar-refractivity contribution in [1.29, 1.82) is 0 Å². The molecule has 3 aliphatic heterocycles. The molecular formula is C35H55N6NaO24. The number of carboxylic acids is 1. The maximum Gasteiger partial charge on any atom is 1.00 e. The zero-order valence-electron chi connectivity index (χ0n) is 36.2. The van der Waals surface area contributed by atoms with Gasteiger partial charge in [0, 0.05) is 28.4 Å². The molecule has 66 heavy (non-hydrogen) atoms. The Hall–Kier alpha value is -3.16. The molecule has 0 aromatic carbocycles. The molecule has 0 bridgehead atoms. The molecule has 0 spiro atoms. The van der Waals surface area contributed by atoms with E-state index in [4.69, 9.17) is 47.4 Å². The van der Waals surface area contributed by atoms with Crippen molar-refractivity contribution in [3.8, 4) is 0 Å². The number of rotatable bonds is 26. The summed E-state index contributed by atoms with van der Waals surface area (Å²) in [4.78, 5) is 84.5. The molecule has 3 heterocycles. The molecule has 0 radical (unpaired) electrons. The van der Waals surface area contributed by atoms with E-state index in [1.54, 1.807) is 0 Å². The zero-order chi connectivity index (χ0) is 48.4. The van der Waals surface area contributed by atoms with Crippen LogP contribution >= 0.6 is 0 Å². The number of aldehydes is 3. The molecule has 0 aromatic heterocycles. The number of aliphatic carboxylic acids is 1. The van der Waals surface area contributed by atoms with E-state index in [9.17, 15) is 69.3 Å². The number of carboxylic acid groups (broad SMARTS) is 1. The molecule has 3 fully saturated rings. The first-order valence-electron chi connectivity index (χ1n) is 19.5. The first-order valence-corrected chi connectivity index (χ1v) is 19.5. The van der Waals surface area contributed by atoms with Crippen molar-refractivity contribution in [2.45, 2.75) is 117 Å². The number of hydrazone groups is 1. The van der Waals surface area contributed by atoms with Crippen molar-refractivity contribution in [2.24, 2.45) is 5.10 Å². The second-order valence-corrected chi connectivity index (χ2v) is 14.0. The Bertz CT molecular complexity index is 1590. The van der Waals surface area contributed by atoms with Crippen LogP contribution in [0.25, 0.3) is 0 Å². The van der Waals surface area contributed by atoms with Gasteiger partial charge in [-0.05, 0) is 0 Å². The number of amides is 3. The molecule has 0 saturated carbocycles. The van der Waals surface area contributed by atoms with E-state index in [0.717, 1.165) is 14.2 Å². The molecule has 11 N–H and O–H groups in total. The monoisotopic (exact) mass is 966 g/mol. The minimum absolute atomic E-state index is 0. The molecule has 3 rings (SSSR count). The maximum atomic E-state index is 13.3. The average Bonchev–Trinajstić information content (AvgIpc) is 3.29. The summed E-state index contributed by atoms with van der Waals surface area (Å²) in [6.07, 6.45) is -26.2. The Kier molecular flexibility index (Phi) is 26.5. The number of carbonyl (C=O) groups is 7. The maximum absolute atomic E-state index is 13.3. The molecule has 18 unspecified atom stereocenters. The van der Waals surface area contributed by atoms with Crippen molar-refractivity contribution in [3.63, 3.8) is 0 Å². The van der Waals surface area contributed by atoms with Crippen molar-refractivity contribution >= 4 is 48.8 Å². The van der Waals surface area contributed by atoms with Gasteiger partial charge < -0.3 is 113 Å². The first-order chi connectivity index (χ1) is 31.1. The molecule has 370 valence electrons. The van der Waals surface area contributed by atoms with Gasteiger partial charge in [0.05, 0.1) is 50.6 Å². The Labute approximate surface area is 397 Å². The third-order valence-corrected chi connectivity index (χ3v) is 9.95. The SMILES string of the molecule is COC(C=O)C(OC(/C=N/NC(=O)CC(=O)NNC(=O)C1OC(OC2C(O)C(CO)OC(OC)C2NCC=O)C(O)C(O)C1OC)OC1C(O)C(CO)OC(OC)C1NCC=O)C(=O)[O-].[Na+]. The van der Waals surface area contributed by atoms with E-state index < -0.39 is 154 Å². The van der Waals surface area contributed by atoms with Crippen molar-refractivity contribution in [1.82, 2.24) is 26.9 Å². The van der Waals surface area contributed by atoms with Gasteiger partial charge in [-0.15, -0.1) is 0 Å². The molecule has 3 aliphatic rings. The molecule has 0 aliphatic carbocycles. The van der Waals surface area contributed by atoms with E-state index in [1.807, 2.05) is 16.3 Å². The van der Waals surface area contributed by atoms with Gasteiger partial charge >= 0.3 is 29.6 Å². The summed E-state index contributed by atoms with van der Waals surface area (Å²) in [5.41, 5.74) is 5.79. The van der Waals surface area contributed by atoms with Crippen LogP contribution in [0.5, 0.6) is 0 Å². The molecule has 0 aromatic rings. The predicted molar refractivity (Wildman–Crippen MR) is 203 cm³/mol. The summed E-state index contributed by atoms with van der Waals surface area (Å²) >= 11 is 0. The van der Waals surface area contributed by atoms with E-state index in [1.165, 1.54) is 14.2 Å². The number of ether oxygens (including phenoxy) is 10. The number of hydrogen-bond acceptors (Lipinski definition) is 27. The Morgan fingerprint density at radius 1 is 0.727 bits per heavy atom. The number of aliphatic hydroxyl groups is 6. The van der Waals surface area contributed by atoms with Crippen LogP contribution in [-0.2, 0) is 80.9 Å². The van der Waals surface area contributed by atoms with Gasteiger partial charge in [-0.3, -0.25) is 25.2 Å². The number of nitrogens with zero attached hydrogens (tertiary/aromatic N) is 1. The number of hydrazine groups is 1. The molecule has 3 saturated heterocycles. The molecule has 18 atom stereocenters. The van der Waals surface area contributed by atoms with Crippen LogP contribution < -0.4 is 61.6 Å². The third kappa shape index (κ3) is 15.7. The number of carbonyl (C=O) groups excluding carboxylic acids is 7. The number of methoxy groups -OCH3 is 4. The van der Waals surface area contributed by atoms with Crippen molar-refractivity contribution < 1.29 is 146 Å². The van der Waals surface area contributed by atoms with Gasteiger partial charge in [0.2, 0.25) is 11.8 Å². The van der Waals surface area contributed by atoms with Gasteiger partial charge in [-0.2, -0.15) is 5.10 Å². The standard InChI is InChI=1S/C35H56N6O24.Na/c1-56-16(13-46)26(32(54)55)62-19(63-27-20(36-5-7-42)33(58-3)60-14(11-44)22(27)49)10-38-39-17(47)9-18(48)40-41-31(53)30-29(57-2)24(51)25(52)35(65-30)64-28-21(37-6-8-43)34(59-4)61-15(12-45)23(28)50;/h7-8,10,13-16,19-30,33-37,44-45,49-52H,5-6,9,11-12H2,1-4H3,(H,39,47)(H,40,48)(H,41,53)(H,54,55);/q;+1/p-1/b38-10+;. The fourth-order valence-corrected chi connectivity index (χ4v) is 6.76. The Morgan fingerprint density at radius 3 is 1.77 bits per heavy atom. The zero-order valence-corrected chi connectivity index (χ0v) is 38.2. The predicted octanol–water partition coefficient (Wildman–Crippen LogP) is -13.7. The smallest absolute Gasteiger partial charge is 0.547 e. The van der Waals surface area contributed by atoms with Gasteiger partial charge in [0.15, 0.2) is 37.6 Å². The average molecular weight is 967 g/mol. The van der Waals surface area contributed by atoms with E-state index in [-0.39, 0.29) is 48.9 Å². The molecular weight excluding hydrogens is 911 g/mol. The fourth-order valence-electron chi connectivity index (χ4n) is 6.76. The van der Waals surface area contributed by atoms with Crippen LogP contribution in [0, 0.1) is 0 Å². The topological polar surface area (TPSA) is 429 Å². The second-order valence-electron chi connectivity index (χ2n) is 14.0. The minimum Gasteiger partial charge on any atom is -0.547 e. The van der Waals surface area contributed by atoms with Crippen LogP contribution in [0.15, 0.2) is 5.10 Å².